The Morgan fingerprint density at radius 1 is 1.61 bits per heavy atom. The van der Waals surface area contributed by atoms with Gasteiger partial charge in [-0.1, -0.05) is 19.8 Å². The molecule has 1 heterocycles. The van der Waals surface area contributed by atoms with E-state index in [1.165, 1.54) is 31.4 Å². The number of hydrogen-bond acceptors (Lipinski definition) is 4. The fraction of sp³-hybridized carbons (Fsp3) is 0.786. The summed E-state index contributed by atoms with van der Waals surface area (Å²) in [6, 6.07) is 0. The molecule has 2 atom stereocenters. The van der Waals surface area contributed by atoms with Gasteiger partial charge in [0.25, 0.3) is 0 Å². The smallest absolute Gasteiger partial charge is 0.0897 e. The van der Waals surface area contributed by atoms with E-state index in [0.29, 0.717) is 0 Å². The highest BCUT2D eigenvalue weighted by atomic mass is 32.1. The first kappa shape index (κ1) is 14.0. The third-order valence-electron chi connectivity index (χ3n) is 4.32. The minimum Gasteiger partial charge on any atom is -0.329 e. The lowest BCUT2D eigenvalue weighted by Crippen LogP contribution is -2.54. The zero-order valence-corrected chi connectivity index (χ0v) is 12.6. The van der Waals surface area contributed by atoms with Crippen molar-refractivity contribution in [3.05, 3.63) is 16.1 Å². The number of nitrogens with zero attached hydrogens (tertiary/aromatic N) is 2. The molecule has 1 saturated carbocycles. The van der Waals surface area contributed by atoms with E-state index in [1.807, 2.05) is 0 Å². The van der Waals surface area contributed by atoms with Gasteiger partial charge in [0.1, 0.15) is 0 Å². The maximum atomic E-state index is 6.10. The Balaban J connectivity index is 2.07. The lowest BCUT2D eigenvalue weighted by molar-refractivity contribution is 0.0546. The van der Waals surface area contributed by atoms with Crippen LogP contribution in [0.1, 0.15) is 43.3 Å². The summed E-state index contributed by atoms with van der Waals surface area (Å²) in [5, 5.41) is 3.32. The predicted molar refractivity (Wildman–Crippen MR) is 77.7 cm³/mol. The summed E-state index contributed by atoms with van der Waals surface area (Å²) in [4.78, 5) is 7.01. The highest BCUT2D eigenvalue weighted by molar-refractivity contribution is 7.09. The van der Waals surface area contributed by atoms with Crippen molar-refractivity contribution >= 4 is 11.3 Å². The van der Waals surface area contributed by atoms with Gasteiger partial charge in [-0.2, -0.15) is 0 Å². The molecule has 0 aliphatic heterocycles. The molecule has 4 heteroatoms. The number of rotatable bonds is 4. The van der Waals surface area contributed by atoms with Crippen LogP contribution >= 0.6 is 11.3 Å². The topological polar surface area (TPSA) is 42.2 Å². The molecule has 0 spiro atoms. The van der Waals surface area contributed by atoms with Gasteiger partial charge in [-0.15, -0.1) is 11.3 Å². The van der Waals surface area contributed by atoms with E-state index < -0.39 is 0 Å². The van der Waals surface area contributed by atoms with Gasteiger partial charge >= 0.3 is 0 Å². The summed E-state index contributed by atoms with van der Waals surface area (Å²) in [5.74, 6) is 0.793. The van der Waals surface area contributed by atoms with E-state index in [4.69, 9.17) is 5.73 Å². The van der Waals surface area contributed by atoms with Crippen LogP contribution in [0.3, 0.4) is 0 Å². The second kappa shape index (κ2) is 5.68. The Bertz CT molecular complexity index is 390. The fourth-order valence-corrected chi connectivity index (χ4v) is 3.82. The van der Waals surface area contributed by atoms with E-state index in [-0.39, 0.29) is 5.54 Å². The number of aryl methyl sites for hydroxylation is 1. The Hall–Kier alpha value is -0.450. The molecule has 3 nitrogen and oxygen atoms in total. The van der Waals surface area contributed by atoms with Crippen LogP contribution in [0.25, 0.3) is 0 Å². The molecule has 102 valence electrons. The number of nitrogens with two attached hydrogens (primary N) is 1. The Kier molecular flexibility index (Phi) is 4.41. The molecule has 0 saturated heterocycles. The number of hydrogen-bond donors (Lipinski definition) is 1. The molecule has 2 unspecified atom stereocenters. The molecular formula is C14H25N3S. The van der Waals surface area contributed by atoms with Gasteiger partial charge in [-0.05, 0) is 32.7 Å². The zero-order valence-electron chi connectivity index (χ0n) is 11.8. The molecule has 0 radical (unpaired) electrons. The summed E-state index contributed by atoms with van der Waals surface area (Å²) in [5.41, 5.74) is 7.48. The van der Waals surface area contributed by atoms with Crippen LogP contribution in [0.15, 0.2) is 5.38 Å². The monoisotopic (exact) mass is 267 g/mol. The van der Waals surface area contributed by atoms with Crippen molar-refractivity contribution in [1.82, 2.24) is 9.88 Å². The molecule has 2 N–H and O–H groups in total. The van der Waals surface area contributed by atoms with Gasteiger partial charge in [0.05, 0.1) is 10.7 Å². The summed E-state index contributed by atoms with van der Waals surface area (Å²) in [6.45, 7) is 6.10. The summed E-state index contributed by atoms with van der Waals surface area (Å²) in [6.07, 6.45) is 5.11. The minimum atomic E-state index is 0.190. The quantitative estimate of drug-likeness (QED) is 0.912. The van der Waals surface area contributed by atoms with Crippen molar-refractivity contribution < 1.29 is 0 Å². The minimum absolute atomic E-state index is 0.190. The maximum Gasteiger partial charge on any atom is 0.0897 e. The van der Waals surface area contributed by atoms with Crippen LogP contribution in [-0.2, 0) is 6.54 Å². The van der Waals surface area contributed by atoms with E-state index in [9.17, 15) is 0 Å². The molecule has 1 aliphatic rings. The Morgan fingerprint density at radius 2 is 2.39 bits per heavy atom. The normalized spacial score (nSPS) is 28.8. The molecule has 1 aliphatic carbocycles. The summed E-state index contributed by atoms with van der Waals surface area (Å²) >= 11 is 1.73. The first-order valence-electron chi connectivity index (χ1n) is 6.88. The molecule has 1 fully saturated rings. The van der Waals surface area contributed by atoms with Gasteiger partial charge in [0.2, 0.25) is 0 Å². The van der Waals surface area contributed by atoms with Crippen LogP contribution in [-0.4, -0.2) is 29.0 Å². The maximum absolute atomic E-state index is 6.10. The first-order valence-corrected chi connectivity index (χ1v) is 7.76. The van der Waals surface area contributed by atoms with E-state index >= 15 is 0 Å². The second-order valence-electron chi connectivity index (χ2n) is 5.84. The van der Waals surface area contributed by atoms with Crippen LogP contribution < -0.4 is 5.73 Å². The van der Waals surface area contributed by atoms with Crippen molar-refractivity contribution in [1.29, 1.82) is 0 Å². The Morgan fingerprint density at radius 3 is 2.94 bits per heavy atom. The molecule has 1 aromatic heterocycles. The zero-order chi connectivity index (χ0) is 13.2. The summed E-state index contributed by atoms with van der Waals surface area (Å²) < 4.78 is 0. The second-order valence-corrected chi connectivity index (χ2v) is 6.91. The van der Waals surface area contributed by atoms with Crippen molar-refractivity contribution in [2.75, 3.05) is 13.6 Å². The molecule has 18 heavy (non-hydrogen) atoms. The number of thiazole rings is 1. The SMILES string of the molecule is Cc1nc(CN(C)C2(CN)CCCC(C)C2)cs1. The van der Waals surface area contributed by atoms with Crippen LogP contribution in [0.4, 0.5) is 0 Å². The van der Waals surface area contributed by atoms with Gasteiger partial charge in [0, 0.05) is 24.0 Å². The van der Waals surface area contributed by atoms with Gasteiger partial charge in [-0.25, -0.2) is 4.98 Å². The van der Waals surface area contributed by atoms with Gasteiger partial charge in [-0.3, -0.25) is 4.90 Å². The summed E-state index contributed by atoms with van der Waals surface area (Å²) in [7, 11) is 2.21. The van der Waals surface area contributed by atoms with Crippen molar-refractivity contribution in [2.24, 2.45) is 11.7 Å². The molecule has 0 bridgehead atoms. The molecule has 0 amide bonds. The lowest BCUT2D eigenvalue weighted by Gasteiger charge is -2.46. The standard InChI is InChI=1S/C14H25N3S/c1-11-5-4-6-14(7-11,10-15)17(3)8-13-9-18-12(2)16-13/h9,11H,4-8,10,15H2,1-3H3. The highest BCUT2D eigenvalue weighted by Gasteiger charge is 2.37. The predicted octanol–water partition coefficient (Wildman–Crippen LogP) is 2.79. The first-order chi connectivity index (χ1) is 8.55. The van der Waals surface area contributed by atoms with E-state index in [1.54, 1.807) is 11.3 Å². The molecule has 1 aromatic rings. The molecule has 2 rings (SSSR count). The average Bonchev–Trinajstić information content (AvgIpc) is 2.74. The van der Waals surface area contributed by atoms with Crippen molar-refractivity contribution in [3.63, 3.8) is 0 Å². The van der Waals surface area contributed by atoms with Gasteiger partial charge in [0.15, 0.2) is 0 Å². The third-order valence-corrected chi connectivity index (χ3v) is 5.15. The molecular weight excluding hydrogens is 242 g/mol. The number of aromatic nitrogens is 1. The Labute approximate surface area is 114 Å². The largest absolute Gasteiger partial charge is 0.329 e. The number of likely N-dealkylation sites (N-methyl/N-ethyl adjacent to an activating group) is 1. The van der Waals surface area contributed by atoms with Crippen LogP contribution in [0.5, 0.6) is 0 Å². The third kappa shape index (κ3) is 2.92. The fourth-order valence-electron chi connectivity index (χ4n) is 3.21. The molecule has 0 aromatic carbocycles. The van der Waals surface area contributed by atoms with Crippen molar-refractivity contribution in [2.45, 2.75) is 51.6 Å². The van der Waals surface area contributed by atoms with Crippen LogP contribution in [0, 0.1) is 12.8 Å². The van der Waals surface area contributed by atoms with Gasteiger partial charge < -0.3 is 5.73 Å². The van der Waals surface area contributed by atoms with E-state index in [2.05, 4.69) is 36.2 Å². The highest BCUT2D eigenvalue weighted by Crippen LogP contribution is 2.36. The van der Waals surface area contributed by atoms with Crippen molar-refractivity contribution in [3.8, 4) is 0 Å². The van der Waals surface area contributed by atoms with Crippen LogP contribution in [0.2, 0.25) is 0 Å². The van der Waals surface area contributed by atoms with E-state index in [0.717, 1.165) is 24.0 Å². The average molecular weight is 267 g/mol. The lowest BCUT2D eigenvalue weighted by atomic mass is 9.75.